The Kier molecular flexibility index (Phi) is 5.79. The second-order valence-electron chi connectivity index (χ2n) is 7.89. The van der Waals surface area contributed by atoms with Crippen LogP contribution < -0.4 is 16.4 Å². The molecule has 1 aromatic heterocycles. The van der Waals surface area contributed by atoms with E-state index in [9.17, 15) is 9.59 Å². The van der Waals surface area contributed by atoms with Crippen LogP contribution in [-0.2, 0) is 4.79 Å². The lowest BCUT2D eigenvalue weighted by molar-refractivity contribution is -0.126. The molecule has 6 heteroatoms. The molecule has 2 fully saturated rings. The molecule has 138 valence electrons. The Morgan fingerprint density at radius 1 is 1.24 bits per heavy atom. The predicted octanol–water partition coefficient (Wildman–Crippen LogP) is 2.52. The lowest BCUT2D eigenvalue weighted by Gasteiger charge is -2.45. The molecule has 4 N–H and O–H groups in total. The fourth-order valence-corrected chi connectivity index (χ4v) is 5.06. The van der Waals surface area contributed by atoms with Crippen LogP contribution in [0.1, 0.15) is 55.6 Å². The van der Waals surface area contributed by atoms with Crippen LogP contribution in [0.2, 0.25) is 0 Å². The van der Waals surface area contributed by atoms with Gasteiger partial charge in [-0.1, -0.05) is 26.3 Å². The van der Waals surface area contributed by atoms with E-state index in [-0.39, 0.29) is 29.8 Å². The van der Waals surface area contributed by atoms with Crippen molar-refractivity contribution < 1.29 is 9.59 Å². The third kappa shape index (κ3) is 4.23. The van der Waals surface area contributed by atoms with E-state index in [0.717, 1.165) is 25.7 Å². The first kappa shape index (κ1) is 18.4. The molecule has 3 atom stereocenters. The minimum absolute atomic E-state index is 0.0367. The number of hydrogen-bond donors (Lipinski definition) is 3. The molecule has 1 heterocycles. The second-order valence-corrected chi connectivity index (χ2v) is 8.84. The predicted molar refractivity (Wildman–Crippen MR) is 100 cm³/mol. The first-order valence-corrected chi connectivity index (χ1v) is 10.2. The molecule has 2 amide bonds. The molecule has 2 bridgehead atoms. The Morgan fingerprint density at radius 2 is 1.92 bits per heavy atom. The molecule has 3 rings (SSSR count). The van der Waals surface area contributed by atoms with Gasteiger partial charge in [-0.3, -0.25) is 9.59 Å². The van der Waals surface area contributed by atoms with E-state index in [1.165, 1.54) is 17.8 Å². The van der Waals surface area contributed by atoms with Crippen LogP contribution in [0.5, 0.6) is 0 Å². The Bertz CT molecular complexity index is 588. The number of thiophene rings is 1. The molecular formula is C19H29N3O2S. The number of carbonyl (C=O) groups is 2. The number of hydrogen-bond acceptors (Lipinski definition) is 4. The Labute approximate surface area is 153 Å². The van der Waals surface area contributed by atoms with Crippen LogP contribution in [-0.4, -0.2) is 29.9 Å². The summed E-state index contributed by atoms with van der Waals surface area (Å²) in [7, 11) is 0. The van der Waals surface area contributed by atoms with Gasteiger partial charge in [-0.15, -0.1) is 11.3 Å². The van der Waals surface area contributed by atoms with Crippen molar-refractivity contribution in [2.45, 2.75) is 64.1 Å². The van der Waals surface area contributed by atoms with E-state index < -0.39 is 6.04 Å². The van der Waals surface area contributed by atoms with Crippen molar-refractivity contribution in [3.8, 4) is 0 Å². The van der Waals surface area contributed by atoms with Crippen LogP contribution in [0.15, 0.2) is 17.5 Å². The third-order valence-electron chi connectivity index (χ3n) is 5.67. The van der Waals surface area contributed by atoms with E-state index >= 15 is 0 Å². The van der Waals surface area contributed by atoms with Crippen molar-refractivity contribution in [3.63, 3.8) is 0 Å². The highest BCUT2D eigenvalue weighted by Crippen LogP contribution is 2.39. The van der Waals surface area contributed by atoms with E-state index in [0.29, 0.717) is 16.7 Å². The van der Waals surface area contributed by atoms with Gasteiger partial charge in [0, 0.05) is 12.1 Å². The molecule has 25 heavy (non-hydrogen) atoms. The summed E-state index contributed by atoms with van der Waals surface area (Å²) < 4.78 is 0. The largest absolute Gasteiger partial charge is 0.351 e. The fraction of sp³-hybridized carbons (Fsp3) is 0.684. The lowest BCUT2D eigenvalue weighted by atomic mass is 9.67. The fourth-order valence-electron chi connectivity index (χ4n) is 4.43. The zero-order valence-corrected chi connectivity index (χ0v) is 15.9. The molecule has 0 aromatic carbocycles. The van der Waals surface area contributed by atoms with E-state index in [2.05, 4.69) is 10.6 Å². The van der Waals surface area contributed by atoms with Crippen molar-refractivity contribution >= 4 is 23.2 Å². The molecule has 2 saturated carbocycles. The normalized spacial score (nSPS) is 29.9. The molecule has 5 nitrogen and oxygen atoms in total. The monoisotopic (exact) mass is 363 g/mol. The quantitative estimate of drug-likeness (QED) is 0.751. The molecule has 0 spiro atoms. The molecule has 0 saturated heterocycles. The van der Waals surface area contributed by atoms with Crippen molar-refractivity contribution in [1.29, 1.82) is 0 Å². The van der Waals surface area contributed by atoms with Gasteiger partial charge in [-0.05, 0) is 54.9 Å². The number of amides is 2. The number of rotatable bonds is 5. The van der Waals surface area contributed by atoms with Gasteiger partial charge in [0.1, 0.15) is 6.04 Å². The molecule has 2 aliphatic rings. The van der Waals surface area contributed by atoms with Crippen LogP contribution in [0.25, 0.3) is 0 Å². The van der Waals surface area contributed by atoms with Gasteiger partial charge in [0.25, 0.3) is 5.91 Å². The smallest absolute Gasteiger partial charge is 0.262 e. The average molecular weight is 364 g/mol. The maximum atomic E-state index is 12.9. The Hall–Kier alpha value is -1.40. The summed E-state index contributed by atoms with van der Waals surface area (Å²) in [6.07, 6.45) is 5.51. The summed E-state index contributed by atoms with van der Waals surface area (Å²) in [5.74, 6) is 0.765. The lowest BCUT2D eigenvalue weighted by Crippen LogP contribution is -2.58. The maximum Gasteiger partial charge on any atom is 0.262 e. The van der Waals surface area contributed by atoms with Gasteiger partial charge in [-0.25, -0.2) is 0 Å². The minimum atomic E-state index is -0.508. The van der Waals surface area contributed by atoms with Crippen LogP contribution in [0.4, 0.5) is 0 Å². The first-order valence-electron chi connectivity index (χ1n) is 9.36. The average Bonchev–Trinajstić information content (AvgIpc) is 3.07. The van der Waals surface area contributed by atoms with Crippen molar-refractivity contribution in [1.82, 2.24) is 10.6 Å². The Balaban J connectivity index is 1.66. The molecular weight excluding hydrogens is 334 g/mol. The molecule has 0 radical (unpaired) electrons. The third-order valence-corrected chi connectivity index (χ3v) is 6.53. The highest BCUT2D eigenvalue weighted by Gasteiger charge is 2.41. The van der Waals surface area contributed by atoms with Gasteiger partial charge in [0.15, 0.2) is 0 Å². The van der Waals surface area contributed by atoms with Crippen molar-refractivity contribution in [3.05, 3.63) is 22.4 Å². The highest BCUT2D eigenvalue weighted by molar-refractivity contribution is 7.12. The summed E-state index contributed by atoms with van der Waals surface area (Å²) in [5, 5.41) is 8.05. The van der Waals surface area contributed by atoms with Crippen molar-refractivity contribution in [2.75, 3.05) is 0 Å². The summed E-state index contributed by atoms with van der Waals surface area (Å²) in [6.45, 7) is 3.94. The van der Waals surface area contributed by atoms with Gasteiger partial charge in [0.05, 0.1) is 4.88 Å². The number of carbonyl (C=O) groups excluding carboxylic acids is 2. The Morgan fingerprint density at radius 3 is 2.48 bits per heavy atom. The van der Waals surface area contributed by atoms with Crippen LogP contribution in [0, 0.1) is 17.8 Å². The summed E-state index contributed by atoms with van der Waals surface area (Å²) in [4.78, 5) is 25.9. The number of nitrogens with two attached hydrogens (primary N) is 1. The van der Waals surface area contributed by atoms with E-state index in [4.69, 9.17) is 5.73 Å². The maximum absolute atomic E-state index is 12.9. The van der Waals surface area contributed by atoms with E-state index in [1.54, 1.807) is 6.07 Å². The van der Waals surface area contributed by atoms with Gasteiger partial charge < -0.3 is 16.4 Å². The van der Waals surface area contributed by atoms with Crippen molar-refractivity contribution in [2.24, 2.45) is 23.5 Å². The SMILES string of the molecule is CC(C)C(NC(=O)c1cccs1)C(=O)NC1C2CCCC1CC(N)C2. The standard InChI is InChI=1S/C19H29N3O2S/c1-11(2)16(21-18(23)15-7-4-8-25-15)19(24)22-17-12-5-3-6-13(17)10-14(20)9-12/h4,7-8,11-14,16-17H,3,5-6,9-10,20H2,1-2H3,(H,21,23)(H,22,24). The van der Waals surface area contributed by atoms with E-state index in [1.807, 2.05) is 25.3 Å². The molecule has 3 unspecified atom stereocenters. The zero-order valence-electron chi connectivity index (χ0n) is 15.0. The van der Waals surface area contributed by atoms with Gasteiger partial charge in [-0.2, -0.15) is 0 Å². The minimum Gasteiger partial charge on any atom is -0.351 e. The zero-order chi connectivity index (χ0) is 18.0. The summed E-state index contributed by atoms with van der Waals surface area (Å²) in [5.41, 5.74) is 6.18. The summed E-state index contributed by atoms with van der Waals surface area (Å²) in [6, 6.07) is 3.59. The molecule has 1 aromatic rings. The number of fused-ring (bicyclic) bond motifs is 2. The summed E-state index contributed by atoms with van der Waals surface area (Å²) >= 11 is 1.39. The highest BCUT2D eigenvalue weighted by atomic mass is 32.1. The molecule has 0 aliphatic heterocycles. The topological polar surface area (TPSA) is 84.2 Å². The van der Waals surface area contributed by atoms with Gasteiger partial charge in [0.2, 0.25) is 5.91 Å². The number of nitrogens with one attached hydrogen (secondary N) is 2. The van der Waals surface area contributed by atoms with Gasteiger partial charge >= 0.3 is 0 Å². The van der Waals surface area contributed by atoms with Crippen LogP contribution in [0.3, 0.4) is 0 Å². The second kappa shape index (κ2) is 7.87. The van der Waals surface area contributed by atoms with Crippen LogP contribution >= 0.6 is 11.3 Å². The first-order chi connectivity index (χ1) is 12.0. The molecule has 2 aliphatic carbocycles.